The van der Waals surface area contributed by atoms with Gasteiger partial charge in [-0.1, -0.05) is 91.4 Å². The van der Waals surface area contributed by atoms with Gasteiger partial charge < -0.3 is 10.8 Å². The van der Waals surface area contributed by atoms with E-state index in [1.807, 2.05) is 0 Å². The van der Waals surface area contributed by atoms with Crippen molar-refractivity contribution in [2.75, 3.05) is 6.61 Å². The molecule has 0 saturated heterocycles. The van der Waals surface area contributed by atoms with E-state index in [0.29, 0.717) is 0 Å². The number of aliphatic hydroxyl groups is 1. The fourth-order valence-corrected chi connectivity index (χ4v) is 3.56. The summed E-state index contributed by atoms with van der Waals surface area (Å²) in [7, 11) is 0. The molecule has 0 heterocycles. The second kappa shape index (κ2) is 15.9. The molecule has 0 bridgehead atoms. The summed E-state index contributed by atoms with van der Waals surface area (Å²) in [5.41, 5.74) is 5.53. The van der Waals surface area contributed by atoms with Crippen LogP contribution >= 0.6 is 0 Å². The molecule has 0 aromatic heterocycles. The van der Waals surface area contributed by atoms with Gasteiger partial charge in [0, 0.05) is 12.5 Å². The zero-order chi connectivity index (χ0) is 18.2. The lowest BCUT2D eigenvalue weighted by atomic mass is 9.84. The minimum absolute atomic E-state index is 0.0540. The maximum absolute atomic E-state index is 11.6. The van der Waals surface area contributed by atoms with Gasteiger partial charge in [0.05, 0.1) is 0 Å². The van der Waals surface area contributed by atoms with E-state index in [9.17, 15) is 9.90 Å². The predicted molar refractivity (Wildman–Crippen MR) is 104 cm³/mol. The number of unbranched alkanes of at least 4 members (excludes halogenated alkanes) is 8. The molecule has 2 atom stereocenters. The number of primary amides is 1. The molecule has 1 amide bonds. The van der Waals surface area contributed by atoms with Crippen LogP contribution < -0.4 is 5.73 Å². The second-order valence-corrected chi connectivity index (χ2v) is 7.89. The zero-order valence-corrected chi connectivity index (χ0v) is 16.6. The van der Waals surface area contributed by atoms with Crippen molar-refractivity contribution < 1.29 is 9.90 Å². The summed E-state index contributed by atoms with van der Waals surface area (Å²) in [5.74, 6) is 0.523. The largest absolute Gasteiger partial charge is 0.396 e. The topological polar surface area (TPSA) is 63.3 Å². The maximum Gasteiger partial charge on any atom is 0.220 e. The van der Waals surface area contributed by atoms with E-state index in [-0.39, 0.29) is 24.3 Å². The Morgan fingerprint density at radius 1 is 0.833 bits per heavy atom. The minimum atomic E-state index is -0.233. The van der Waals surface area contributed by atoms with Crippen LogP contribution in [-0.4, -0.2) is 17.6 Å². The molecule has 0 radical (unpaired) electrons. The quantitative estimate of drug-likeness (QED) is 0.346. The molecule has 0 aliphatic heterocycles. The predicted octanol–water partition coefficient (Wildman–Crippen LogP) is 5.44. The number of rotatable bonds is 17. The van der Waals surface area contributed by atoms with E-state index in [4.69, 9.17) is 5.73 Å². The van der Waals surface area contributed by atoms with Crippen LogP contribution in [0.25, 0.3) is 0 Å². The van der Waals surface area contributed by atoms with Crippen LogP contribution in [0.5, 0.6) is 0 Å². The highest BCUT2D eigenvalue weighted by Gasteiger charge is 2.24. The van der Waals surface area contributed by atoms with Crippen molar-refractivity contribution in [2.24, 2.45) is 23.5 Å². The highest BCUT2D eigenvalue weighted by atomic mass is 16.3. The van der Waals surface area contributed by atoms with E-state index in [2.05, 4.69) is 20.8 Å². The number of hydrogen-bond donors (Lipinski definition) is 2. The van der Waals surface area contributed by atoms with Gasteiger partial charge in [-0.15, -0.1) is 0 Å². The standard InChI is InChI=1S/C21H43NO2/c1-4-14-19(17-23)20(21(22)24)16-13-11-9-7-5-6-8-10-12-15-18(2)3/h18-20,23H,4-17H2,1-3H3,(H2,22,24). The lowest BCUT2D eigenvalue weighted by Gasteiger charge is -2.22. The van der Waals surface area contributed by atoms with Crippen LogP contribution in [0.15, 0.2) is 0 Å². The fraction of sp³-hybridized carbons (Fsp3) is 0.952. The smallest absolute Gasteiger partial charge is 0.220 e. The van der Waals surface area contributed by atoms with Gasteiger partial charge >= 0.3 is 0 Å². The summed E-state index contributed by atoms with van der Waals surface area (Å²) in [5, 5.41) is 9.46. The third kappa shape index (κ3) is 12.8. The maximum atomic E-state index is 11.6. The van der Waals surface area contributed by atoms with Gasteiger partial charge in [-0.3, -0.25) is 4.79 Å². The first-order valence-electron chi connectivity index (χ1n) is 10.4. The van der Waals surface area contributed by atoms with Crippen LogP contribution in [0.3, 0.4) is 0 Å². The Morgan fingerprint density at radius 3 is 1.67 bits per heavy atom. The summed E-state index contributed by atoms with van der Waals surface area (Å²) in [6.07, 6.45) is 15.8. The first-order valence-corrected chi connectivity index (χ1v) is 10.4. The Morgan fingerprint density at radius 2 is 1.29 bits per heavy atom. The van der Waals surface area contributed by atoms with Crippen molar-refractivity contribution in [1.29, 1.82) is 0 Å². The third-order valence-electron chi connectivity index (χ3n) is 5.13. The summed E-state index contributed by atoms with van der Waals surface area (Å²) < 4.78 is 0. The molecule has 0 saturated carbocycles. The average Bonchev–Trinajstić information content (AvgIpc) is 2.53. The molecular formula is C21H43NO2. The summed E-state index contributed by atoms with van der Waals surface area (Å²) >= 11 is 0. The SMILES string of the molecule is CCCC(CO)C(CCCCCCCCCCCC(C)C)C(N)=O. The number of nitrogens with two attached hydrogens (primary N) is 1. The molecular weight excluding hydrogens is 298 g/mol. The molecule has 0 aliphatic rings. The van der Waals surface area contributed by atoms with Crippen molar-refractivity contribution in [2.45, 2.75) is 104 Å². The van der Waals surface area contributed by atoms with Gasteiger partial charge in [-0.2, -0.15) is 0 Å². The zero-order valence-electron chi connectivity index (χ0n) is 16.6. The molecule has 2 unspecified atom stereocenters. The van der Waals surface area contributed by atoms with E-state index < -0.39 is 0 Å². The lowest BCUT2D eigenvalue weighted by Crippen LogP contribution is -2.32. The Kier molecular flexibility index (Phi) is 15.6. The van der Waals surface area contributed by atoms with Gasteiger partial charge in [0.25, 0.3) is 0 Å². The number of hydrogen-bond acceptors (Lipinski definition) is 2. The monoisotopic (exact) mass is 341 g/mol. The van der Waals surface area contributed by atoms with Crippen LogP contribution in [0, 0.1) is 17.8 Å². The van der Waals surface area contributed by atoms with E-state index >= 15 is 0 Å². The minimum Gasteiger partial charge on any atom is -0.396 e. The number of carbonyl (C=O) groups is 1. The van der Waals surface area contributed by atoms with Crippen LogP contribution in [0.1, 0.15) is 104 Å². The van der Waals surface area contributed by atoms with Gasteiger partial charge in [0.2, 0.25) is 5.91 Å². The first-order chi connectivity index (χ1) is 11.5. The van der Waals surface area contributed by atoms with Crippen molar-refractivity contribution in [3.8, 4) is 0 Å². The van der Waals surface area contributed by atoms with Crippen molar-refractivity contribution in [3.63, 3.8) is 0 Å². The second-order valence-electron chi connectivity index (χ2n) is 7.89. The van der Waals surface area contributed by atoms with Gasteiger partial charge in [-0.05, 0) is 24.7 Å². The molecule has 0 spiro atoms. The van der Waals surface area contributed by atoms with Crippen LogP contribution in [0.4, 0.5) is 0 Å². The van der Waals surface area contributed by atoms with E-state index in [1.165, 1.54) is 57.8 Å². The highest BCUT2D eigenvalue weighted by Crippen LogP contribution is 2.23. The first kappa shape index (κ1) is 23.4. The van der Waals surface area contributed by atoms with Gasteiger partial charge in [-0.25, -0.2) is 0 Å². The molecule has 0 aromatic carbocycles. The average molecular weight is 342 g/mol. The Labute approximate surface area is 150 Å². The normalized spacial score (nSPS) is 14.0. The fourth-order valence-electron chi connectivity index (χ4n) is 3.56. The lowest BCUT2D eigenvalue weighted by molar-refractivity contribution is -0.124. The van der Waals surface area contributed by atoms with Crippen molar-refractivity contribution in [1.82, 2.24) is 0 Å². The van der Waals surface area contributed by atoms with Gasteiger partial charge in [0.1, 0.15) is 0 Å². The van der Waals surface area contributed by atoms with Crippen LogP contribution in [-0.2, 0) is 4.79 Å². The molecule has 0 rings (SSSR count). The van der Waals surface area contributed by atoms with E-state index in [1.54, 1.807) is 0 Å². The van der Waals surface area contributed by atoms with Crippen molar-refractivity contribution >= 4 is 5.91 Å². The number of aliphatic hydroxyl groups excluding tert-OH is 1. The van der Waals surface area contributed by atoms with E-state index in [0.717, 1.165) is 31.6 Å². The Hall–Kier alpha value is -0.570. The third-order valence-corrected chi connectivity index (χ3v) is 5.13. The summed E-state index contributed by atoms with van der Waals surface area (Å²) in [4.78, 5) is 11.6. The molecule has 3 N–H and O–H groups in total. The molecule has 3 heteroatoms. The number of amides is 1. The number of carbonyl (C=O) groups excluding carboxylic acids is 1. The highest BCUT2D eigenvalue weighted by molar-refractivity contribution is 5.76. The molecule has 0 fully saturated rings. The summed E-state index contributed by atoms with van der Waals surface area (Å²) in [6.45, 7) is 6.77. The molecule has 144 valence electrons. The summed E-state index contributed by atoms with van der Waals surface area (Å²) in [6, 6.07) is 0. The van der Waals surface area contributed by atoms with Crippen LogP contribution in [0.2, 0.25) is 0 Å². The molecule has 0 aromatic rings. The molecule has 3 nitrogen and oxygen atoms in total. The molecule has 0 aliphatic carbocycles. The van der Waals surface area contributed by atoms with Gasteiger partial charge in [0.15, 0.2) is 0 Å². The molecule has 24 heavy (non-hydrogen) atoms. The Bertz CT molecular complexity index is 292. The van der Waals surface area contributed by atoms with Crippen molar-refractivity contribution in [3.05, 3.63) is 0 Å². The Balaban J connectivity index is 3.60.